The molecule has 0 N–H and O–H groups in total. The number of thioether (sulfide) groups is 1. The molecule has 0 bridgehead atoms. The summed E-state index contributed by atoms with van der Waals surface area (Å²) >= 11 is 1.28. The first-order valence-corrected chi connectivity index (χ1v) is 7.19. The molecule has 0 aromatic carbocycles. The Bertz CT molecular complexity index is 883. The van der Waals surface area contributed by atoms with Crippen LogP contribution < -0.4 is 0 Å². The fraction of sp³-hybridized carbons (Fsp3) is 0.154. The predicted octanol–water partition coefficient (Wildman–Crippen LogP) is 3.01. The van der Waals surface area contributed by atoms with Gasteiger partial charge >= 0.3 is 5.88 Å². The lowest BCUT2D eigenvalue weighted by molar-refractivity contribution is -0.402. The maximum absolute atomic E-state index is 10.5. The van der Waals surface area contributed by atoms with E-state index in [1.54, 1.807) is 16.0 Å². The Morgan fingerprint density at radius 1 is 1.36 bits per heavy atom. The number of hydrogen-bond donors (Lipinski definition) is 0. The Hall–Kier alpha value is -2.68. The van der Waals surface area contributed by atoms with Gasteiger partial charge in [0.05, 0.1) is 6.07 Å². The molecule has 0 aliphatic heterocycles. The number of fused-ring (bicyclic) bond motifs is 1. The molecule has 22 heavy (non-hydrogen) atoms. The van der Waals surface area contributed by atoms with E-state index in [1.807, 2.05) is 19.9 Å². The van der Waals surface area contributed by atoms with Gasteiger partial charge in [-0.05, 0) is 37.5 Å². The molecule has 0 radical (unpaired) electrons. The van der Waals surface area contributed by atoms with Crippen molar-refractivity contribution in [2.24, 2.45) is 0 Å². The van der Waals surface area contributed by atoms with Gasteiger partial charge in [-0.3, -0.25) is 10.1 Å². The summed E-state index contributed by atoms with van der Waals surface area (Å²) in [6.07, 6.45) is 1.62. The molecular weight excluding hydrogens is 306 g/mol. The summed E-state index contributed by atoms with van der Waals surface area (Å²) in [5, 5.41) is 17.1. The fourth-order valence-electron chi connectivity index (χ4n) is 1.89. The van der Waals surface area contributed by atoms with E-state index in [2.05, 4.69) is 15.1 Å². The zero-order valence-corrected chi connectivity index (χ0v) is 12.6. The van der Waals surface area contributed by atoms with Crippen molar-refractivity contribution in [1.29, 1.82) is 0 Å². The Labute approximate surface area is 129 Å². The molecular formula is C13H11N5O3S. The van der Waals surface area contributed by atoms with Crippen molar-refractivity contribution < 1.29 is 9.34 Å². The average Bonchev–Trinajstić information content (AvgIpc) is 3.05. The summed E-state index contributed by atoms with van der Waals surface area (Å²) in [5.41, 5.74) is 1.83. The highest BCUT2D eigenvalue weighted by atomic mass is 32.2. The lowest BCUT2D eigenvalue weighted by Crippen LogP contribution is -1.97. The van der Waals surface area contributed by atoms with E-state index in [0.29, 0.717) is 16.7 Å². The highest BCUT2D eigenvalue weighted by molar-refractivity contribution is 8.02. The number of aryl methyl sites for hydroxylation is 2. The zero-order chi connectivity index (χ0) is 15.7. The number of rotatable bonds is 4. The summed E-state index contributed by atoms with van der Waals surface area (Å²) < 4.78 is 6.69. The molecule has 8 nitrogen and oxygen atoms in total. The van der Waals surface area contributed by atoms with Gasteiger partial charge in [0.25, 0.3) is 5.78 Å². The molecule has 3 rings (SSSR count). The van der Waals surface area contributed by atoms with Crippen LogP contribution in [0.25, 0.3) is 11.9 Å². The van der Waals surface area contributed by atoms with Crippen LogP contribution in [0.3, 0.4) is 0 Å². The minimum absolute atomic E-state index is 0.286. The summed E-state index contributed by atoms with van der Waals surface area (Å²) in [4.78, 5) is 18.6. The molecule has 0 amide bonds. The van der Waals surface area contributed by atoms with Crippen LogP contribution in [-0.2, 0) is 0 Å². The van der Waals surface area contributed by atoms with E-state index < -0.39 is 4.92 Å². The maximum atomic E-state index is 10.5. The largest absolute Gasteiger partial charge is 0.433 e. The van der Waals surface area contributed by atoms with Crippen LogP contribution in [-0.4, -0.2) is 24.5 Å². The van der Waals surface area contributed by atoms with E-state index >= 15 is 0 Å². The Kier molecular flexibility index (Phi) is 3.63. The summed E-state index contributed by atoms with van der Waals surface area (Å²) in [7, 11) is 0. The van der Waals surface area contributed by atoms with Gasteiger partial charge in [-0.2, -0.15) is 4.98 Å². The van der Waals surface area contributed by atoms with Crippen LogP contribution in [0.5, 0.6) is 0 Å². The minimum Gasteiger partial charge on any atom is -0.401 e. The molecule has 3 heterocycles. The minimum atomic E-state index is -0.578. The van der Waals surface area contributed by atoms with Gasteiger partial charge in [0.2, 0.25) is 5.16 Å². The second-order valence-electron chi connectivity index (χ2n) is 4.50. The molecule has 0 atom stereocenters. The maximum Gasteiger partial charge on any atom is 0.433 e. The lowest BCUT2D eigenvalue weighted by Gasteiger charge is -1.97. The van der Waals surface area contributed by atoms with E-state index in [1.165, 1.54) is 23.9 Å². The summed E-state index contributed by atoms with van der Waals surface area (Å²) in [6, 6.07) is 4.76. The zero-order valence-electron chi connectivity index (χ0n) is 11.8. The molecule has 3 aromatic heterocycles. The fourth-order valence-corrected chi connectivity index (χ4v) is 2.48. The molecule has 0 saturated carbocycles. The molecule has 112 valence electrons. The topological polar surface area (TPSA) is 99.4 Å². The van der Waals surface area contributed by atoms with Gasteiger partial charge < -0.3 is 4.42 Å². The number of aromatic nitrogens is 4. The van der Waals surface area contributed by atoms with E-state index in [9.17, 15) is 10.1 Å². The molecule has 0 saturated heterocycles. The molecule has 0 fully saturated rings. The van der Waals surface area contributed by atoms with E-state index in [4.69, 9.17) is 4.42 Å². The van der Waals surface area contributed by atoms with Gasteiger partial charge in [-0.25, -0.2) is 9.50 Å². The molecule has 0 aliphatic carbocycles. The van der Waals surface area contributed by atoms with Crippen LogP contribution in [0.15, 0.2) is 33.2 Å². The van der Waals surface area contributed by atoms with Crippen molar-refractivity contribution >= 4 is 29.5 Å². The third-order valence-corrected chi connectivity index (χ3v) is 3.45. The molecule has 0 spiro atoms. The average molecular weight is 317 g/mol. The van der Waals surface area contributed by atoms with E-state index in [-0.39, 0.29) is 5.88 Å². The Morgan fingerprint density at radius 2 is 2.18 bits per heavy atom. The van der Waals surface area contributed by atoms with E-state index in [0.717, 1.165) is 11.4 Å². The van der Waals surface area contributed by atoms with Crippen molar-refractivity contribution in [2.75, 3.05) is 0 Å². The SMILES string of the molecule is Cc1cc(C)n2nc(S/C=C/c3ccc([N+](=O)[O-])o3)nc2n1. The first-order valence-electron chi connectivity index (χ1n) is 6.31. The van der Waals surface area contributed by atoms with Gasteiger partial charge in [0, 0.05) is 11.4 Å². The second kappa shape index (κ2) is 5.60. The molecule has 0 unspecified atom stereocenters. The lowest BCUT2D eigenvalue weighted by atomic mass is 10.4. The first kappa shape index (κ1) is 14.3. The molecule has 3 aromatic rings. The standard InChI is InChI=1S/C13H11N5O3S/c1-8-7-9(2)17-12(14-8)15-13(16-17)22-6-5-10-3-4-11(21-10)18(19)20/h3-7H,1-2H3/b6-5+. The number of nitro groups is 1. The van der Waals surface area contributed by atoms with Gasteiger partial charge in [0.15, 0.2) is 0 Å². The van der Waals surface area contributed by atoms with Crippen molar-refractivity contribution in [2.45, 2.75) is 19.0 Å². The second-order valence-corrected chi connectivity index (χ2v) is 5.37. The Balaban J connectivity index is 1.77. The van der Waals surface area contributed by atoms with Crippen LogP contribution >= 0.6 is 11.8 Å². The van der Waals surface area contributed by atoms with Gasteiger partial charge in [0.1, 0.15) is 10.7 Å². The van der Waals surface area contributed by atoms with Crippen LogP contribution in [0, 0.1) is 24.0 Å². The number of hydrogen-bond acceptors (Lipinski definition) is 7. The monoisotopic (exact) mass is 317 g/mol. The number of nitrogens with zero attached hydrogens (tertiary/aromatic N) is 5. The summed E-state index contributed by atoms with van der Waals surface area (Å²) in [5.74, 6) is 0.654. The molecule has 0 aliphatic rings. The normalized spacial score (nSPS) is 11.5. The van der Waals surface area contributed by atoms with Crippen LogP contribution in [0.4, 0.5) is 5.88 Å². The van der Waals surface area contributed by atoms with Gasteiger partial charge in [-0.15, -0.1) is 5.10 Å². The molecule has 9 heteroatoms. The predicted molar refractivity (Wildman–Crippen MR) is 80.5 cm³/mol. The Morgan fingerprint density at radius 3 is 2.91 bits per heavy atom. The van der Waals surface area contributed by atoms with Crippen molar-refractivity contribution in [3.63, 3.8) is 0 Å². The first-order chi connectivity index (χ1) is 10.5. The van der Waals surface area contributed by atoms with Crippen molar-refractivity contribution in [3.8, 4) is 0 Å². The highest BCUT2D eigenvalue weighted by Crippen LogP contribution is 2.21. The van der Waals surface area contributed by atoms with Crippen LogP contribution in [0.2, 0.25) is 0 Å². The summed E-state index contributed by atoms with van der Waals surface area (Å²) in [6.45, 7) is 3.83. The quantitative estimate of drug-likeness (QED) is 0.414. The van der Waals surface area contributed by atoms with Crippen molar-refractivity contribution in [3.05, 3.63) is 50.9 Å². The number of furan rings is 1. The van der Waals surface area contributed by atoms with Crippen molar-refractivity contribution in [1.82, 2.24) is 19.6 Å². The third-order valence-electron chi connectivity index (χ3n) is 2.80. The van der Waals surface area contributed by atoms with Gasteiger partial charge in [-0.1, -0.05) is 11.8 Å². The van der Waals surface area contributed by atoms with Crippen LogP contribution in [0.1, 0.15) is 17.1 Å². The third kappa shape index (κ3) is 2.84. The smallest absolute Gasteiger partial charge is 0.401 e. The highest BCUT2D eigenvalue weighted by Gasteiger charge is 2.10.